The molecule has 1 aromatic heterocycles. The molecule has 3 rings (SSSR count). The summed E-state index contributed by atoms with van der Waals surface area (Å²) in [5.74, 6) is 1.38. The van der Waals surface area contributed by atoms with Gasteiger partial charge in [0.1, 0.15) is 18.1 Å². The number of benzene rings is 2. The lowest BCUT2D eigenvalue weighted by atomic mass is 10.1. The predicted octanol–water partition coefficient (Wildman–Crippen LogP) is 4.14. The van der Waals surface area contributed by atoms with Gasteiger partial charge in [-0.2, -0.15) is 17.0 Å². The monoisotopic (exact) mass is 529 g/mol. The third-order valence-electron chi connectivity index (χ3n) is 5.97. The van der Waals surface area contributed by atoms with E-state index in [0.29, 0.717) is 37.8 Å². The first-order valence-electron chi connectivity index (χ1n) is 12.2. The lowest BCUT2D eigenvalue weighted by Gasteiger charge is -2.27. The highest BCUT2D eigenvalue weighted by molar-refractivity contribution is 7.86. The molecule has 9 nitrogen and oxygen atoms in total. The van der Waals surface area contributed by atoms with Crippen molar-refractivity contribution in [1.82, 2.24) is 13.6 Å². The van der Waals surface area contributed by atoms with Crippen LogP contribution in [0.1, 0.15) is 36.4 Å². The van der Waals surface area contributed by atoms with Crippen molar-refractivity contribution in [3.05, 3.63) is 71.1 Å². The number of nitrogens with zero attached hydrogens (tertiary/aromatic N) is 3. The highest BCUT2D eigenvalue weighted by Crippen LogP contribution is 2.23. The SMILES string of the molecule is CCN(CC)S(=O)(=O)N(CC(=O)OC)Cc1ccc(OCCc2nc(-c3ccc(C)cc3)oc2C)cc1. The van der Waals surface area contributed by atoms with Gasteiger partial charge in [0.15, 0.2) is 0 Å². The second-order valence-corrected chi connectivity index (χ2v) is 10.5. The number of carbonyl (C=O) groups is 1. The molecule has 0 radical (unpaired) electrons. The molecule has 0 N–H and O–H groups in total. The van der Waals surface area contributed by atoms with Crippen molar-refractivity contribution in [3.63, 3.8) is 0 Å². The zero-order chi connectivity index (χ0) is 27.0. The van der Waals surface area contributed by atoms with Gasteiger partial charge in [0.25, 0.3) is 10.2 Å². The summed E-state index contributed by atoms with van der Waals surface area (Å²) in [6.07, 6.45) is 0.581. The largest absolute Gasteiger partial charge is 0.493 e. The smallest absolute Gasteiger partial charge is 0.321 e. The first-order chi connectivity index (χ1) is 17.7. The number of methoxy groups -OCH3 is 1. The van der Waals surface area contributed by atoms with Gasteiger partial charge in [0.05, 0.1) is 19.4 Å². The second-order valence-electron chi connectivity index (χ2n) is 8.57. The first kappa shape index (κ1) is 28.4. The zero-order valence-electron chi connectivity index (χ0n) is 22.1. The Labute approximate surface area is 219 Å². The molecule has 0 saturated heterocycles. The topological polar surface area (TPSA) is 102 Å². The molecule has 0 unspecified atom stereocenters. The number of aromatic nitrogens is 1. The zero-order valence-corrected chi connectivity index (χ0v) is 22.9. The molecule has 200 valence electrons. The number of hydrogen-bond acceptors (Lipinski definition) is 7. The van der Waals surface area contributed by atoms with E-state index in [1.54, 1.807) is 38.1 Å². The van der Waals surface area contributed by atoms with Gasteiger partial charge < -0.3 is 13.9 Å². The van der Waals surface area contributed by atoms with Crippen molar-refractivity contribution in [2.24, 2.45) is 0 Å². The van der Waals surface area contributed by atoms with Gasteiger partial charge >= 0.3 is 5.97 Å². The summed E-state index contributed by atoms with van der Waals surface area (Å²) in [6.45, 7) is 8.13. The van der Waals surface area contributed by atoms with Crippen molar-refractivity contribution in [1.29, 1.82) is 0 Å². The molecule has 0 aliphatic heterocycles. The minimum Gasteiger partial charge on any atom is -0.493 e. The highest BCUT2D eigenvalue weighted by atomic mass is 32.2. The molecular formula is C27H35N3O6S. The molecule has 10 heteroatoms. The number of esters is 1. The van der Waals surface area contributed by atoms with Crippen molar-refractivity contribution < 1.29 is 27.1 Å². The Hall–Kier alpha value is -3.21. The van der Waals surface area contributed by atoms with E-state index >= 15 is 0 Å². The number of oxazole rings is 1. The fourth-order valence-electron chi connectivity index (χ4n) is 3.78. The fourth-order valence-corrected chi connectivity index (χ4v) is 5.34. The molecule has 1 heterocycles. The third-order valence-corrected chi connectivity index (χ3v) is 8.05. The first-order valence-corrected chi connectivity index (χ1v) is 13.6. The molecule has 0 amide bonds. The highest BCUT2D eigenvalue weighted by Gasteiger charge is 2.30. The fraction of sp³-hybridized carbons (Fsp3) is 0.407. The van der Waals surface area contributed by atoms with E-state index < -0.39 is 16.2 Å². The average molecular weight is 530 g/mol. The minimum absolute atomic E-state index is 0.0358. The van der Waals surface area contributed by atoms with Crippen LogP contribution in [0.4, 0.5) is 0 Å². The van der Waals surface area contributed by atoms with Crippen molar-refractivity contribution >= 4 is 16.2 Å². The summed E-state index contributed by atoms with van der Waals surface area (Å²) >= 11 is 0. The lowest BCUT2D eigenvalue weighted by Crippen LogP contribution is -2.45. The Kier molecular flexibility index (Phi) is 9.85. The van der Waals surface area contributed by atoms with Gasteiger partial charge in [0.2, 0.25) is 5.89 Å². The van der Waals surface area contributed by atoms with Crippen LogP contribution in [0.2, 0.25) is 0 Å². The van der Waals surface area contributed by atoms with E-state index in [-0.39, 0.29) is 13.1 Å². The molecule has 0 spiro atoms. The van der Waals surface area contributed by atoms with E-state index in [0.717, 1.165) is 26.9 Å². The lowest BCUT2D eigenvalue weighted by molar-refractivity contribution is -0.140. The van der Waals surface area contributed by atoms with Crippen LogP contribution in [-0.4, -0.2) is 61.3 Å². The van der Waals surface area contributed by atoms with E-state index in [2.05, 4.69) is 4.98 Å². The van der Waals surface area contributed by atoms with E-state index in [9.17, 15) is 13.2 Å². The molecular weight excluding hydrogens is 494 g/mol. The van der Waals surface area contributed by atoms with Crippen LogP contribution >= 0.6 is 0 Å². The Morgan fingerprint density at radius 1 is 0.973 bits per heavy atom. The maximum Gasteiger partial charge on any atom is 0.321 e. The summed E-state index contributed by atoms with van der Waals surface area (Å²) < 4.78 is 44.9. The third kappa shape index (κ3) is 7.41. The van der Waals surface area contributed by atoms with E-state index in [1.165, 1.54) is 17.0 Å². The van der Waals surface area contributed by atoms with Gasteiger partial charge in [-0.3, -0.25) is 4.79 Å². The maximum atomic E-state index is 13.0. The molecule has 0 aliphatic rings. The van der Waals surface area contributed by atoms with Crippen molar-refractivity contribution in [3.8, 4) is 17.2 Å². The van der Waals surface area contributed by atoms with Crippen LogP contribution in [0.25, 0.3) is 11.5 Å². The quantitative estimate of drug-likeness (QED) is 0.307. The van der Waals surface area contributed by atoms with Gasteiger partial charge in [-0.25, -0.2) is 4.98 Å². The average Bonchev–Trinajstić information content (AvgIpc) is 3.25. The van der Waals surface area contributed by atoms with Gasteiger partial charge in [-0.1, -0.05) is 43.7 Å². The van der Waals surface area contributed by atoms with Crippen LogP contribution in [0.5, 0.6) is 5.75 Å². The molecule has 0 saturated carbocycles. The molecule has 0 fully saturated rings. The Morgan fingerprint density at radius 3 is 2.22 bits per heavy atom. The number of aryl methyl sites for hydroxylation is 2. The molecule has 3 aromatic rings. The number of ether oxygens (including phenoxy) is 2. The van der Waals surface area contributed by atoms with Crippen LogP contribution in [0, 0.1) is 13.8 Å². The van der Waals surface area contributed by atoms with Gasteiger partial charge in [-0.05, 0) is 43.7 Å². The molecule has 2 aromatic carbocycles. The second kappa shape index (κ2) is 12.8. The molecule has 0 aliphatic carbocycles. The van der Waals surface area contributed by atoms with E-state index in [1.807, 2.05) is 38.1 Å². The van der Waals surface area contributed by atoms with E-state index in [4.69, 9.17) is 13.9 Å². The summed E-state index contributed by atoms with van der Waals surface area (Å²) in [5, 5.41) is 0. The Morgan fingerprint density at radius 2 is 1.62 bits per heavy atom. The van der Waals surface area contributed by atoms with Gasteiger partial charge in [-0.15, -0.1) is 0 Å². The Balaban J connectivity index is 1.62. The number of hydrogen-bond donors (Lipinski definition) is 0. The normalized spacial score (nSPS) is 11.8. The van der Waals surface area contributed by atoms with Crippen LogP contribution in [0.15, 0.2) is 52.9 Å². The van der Waals surface area contributed by atoms with Crippen molar-refractivity contribution in [2.75, 3.05) is 33.4 Å². The van der Waals surface area contributed by atoms with Gasteiger partial charge in [0, 0.05) is 31.6 Å². The summed E-state index contributed by atoms with van der Waals surface area (Å²) in [7, 11) is -2.59. The number of carbonyl (C=O) groups excluding carboxylic acids is 1. The maximum absolute atomic E-state index is 13.0. The number of rotatable bonds is 13. The predicted molar refractivity (Wildman–Crippen MR) is 141 cm³/mol. The summed E-state index contributed by atoms with van der Waals surface area (Å²) in [4.78, 5) is 16.5. The Bertz CT molecular complexity index is 1270. The molecule has 0 bridgehead atoms. The summed E-state index contributed by atoms with van der Waals surface area (Å²) in [5.41, 5.74) is 3.67. The molecule has 37 heavy (non-hydrogen) atoms. The minimum atomic E-state index is -3.83. The standard InChI is InChI=1S/C27H35N3O6S/c1-6-29(7-2)37(32,33)30(19-26(31)34-5)18-22-10-14-24(15-11-22)35-17-16-25-21(4)36-27(28-25)23-12-8-20(3)9-13-23/h8-15H,6-7,16-19H2,1-5H3. The van der Waals surface area contributed by atoms with Crippen LogP contribution in [-0.2, 0) is 32.7 Å². The molecule has 0 atom stereocenters. The summed E-state index contributed by atoms with van der Waals surface area (Å²) in [6, 6.07) is 15.2. The van der Waals surface area contributed by atoms with Crippen LogP contribution in [0.3, 0.4) is 0 Å². The van der Waals surface area contributed by atoms with Crippen molar-refractivity contribution in [2.45, 2.75) is 40.7 Å². The van der Waals surface area contributed by atoms with Crippen LogP contribution < -0.4 is 4.74 Å².